The van der Waals surface area contributed by atoms with Crippen molar-refractivity contribution in [1.82, 2.24) is 5.43 Å². The van der Waals surface area contributed by atoms with Crippen LogP contribution in [-0.2, 0) is 9.59 Å². The van der Waals surface area contributed by atoms with Gasteiger partial charge in [0.1, 0.15) is 17.3 Å². The van der Waals surface area contributed by atoms with Gasteiger partial charge in [0, 0.05) is 16.3 Å². The molecule has 1 heterocycles. The molecule has 148 valence electrons. The number of carbonyl (C=O) groups is 2. The molecule has 0 bridgehead atoms. The average molecular weight is 432 g/mol. The maximum Gasteiger partial charge on any atom is 0.329 e. The zero-order chi connectivity index (χ0) is 20.8. The van der Waals surface area contributed by atoms with Gasteiger partial charge in [0.05, 0.1) is 18.3 Å². The Bertz CT molecular complexity index is 1080. The number of nitrogens with zero attached hydrogens (tertiary/aromatic N) is 1. The highest BCUT2D eigenvalue weighted by Crippen LogP contribution is 2.27. The third-order valence-electron chi connectivity index (χ3n) is 3.71. The first-order valence-electron chi connectivity index (χ1n) is 8.30. The summed E-state index contributed by atoms with van der Waals surface area (Å²) in [5, 5.41) is 7.03. The number of hydrogen-bond donors (Lipinski definition) is 2. The largest absolute Gasteiger partial charge is 0.495 e. The Kier molecular flexibility index (Phi) is 6.54. The quantitative estimate of drug-likeness (QED) is 0.356. The van der Waals surface area contributed by atoms with Crippen LogP contribution >= 0.6 is 23.2 Å². The van der Waals surface area contributed by atoms with Gasteiger partial charge in [-0.25, -0.2) is 5.43 Å². The minimum atomic E-state index is -0.949. The summed E-state index contributed by atoms with van der Waals surface area (Å²) in [7, 11) is 1.47. The van der Waals surface area contributed by atoms with Crippen LogP contribution in [0.4, 0.5) is 5.69 Å². The molecule has 0 spiro atoms. The van der Waals surface area contributed by atoms with E-state index in [9.17, 15) is 9.59 Å². The molecule has 2 aromatic carbocycles. The van der Waals surface area contributed by atoms with Crippen LogP contribution in [-0.4, -0.2) is 25.1 Å². The van der Waals surface area contributed by atoms with Crippen LogP contribution in [0.5, 0.6) is 5.75 Å². The highest BCUT2D eigenvalue weighted by molar-refractivity contribution is 6.40. The molecule has 0 saturated heterocycles. The first kappa shape index (κ1) is 20.4. The second kappa shape index (κ2) is 9.27. The molecule has 0 saturated carbocycles. The summed E-state index contributed by atoms with van der Waals surface area (Å²) >= 11 is 11.9. The lowest BCUT2D eigenvalue weighted by Crippen LogP contribution is -2.32. The van der Waals surface area contributed by atoms with Gasteiger partial charge in [0.15, 0.2) is 0 Å². The molecule has 0 fully saturated rings. The van der Waals surface area contributed by atoms with Gasteiger partial charge in [0.2, 0.25) is 0 Å². The normalized spacial score (nSPS) is 10.7. The molecule has 0 aliphatic carbocycles. The number of amides is 2. The fourth-order valence-corrected chi connectivity index (χ4v) is 2.80. The first-order chi connectivity index (χ1) is 14.0. The van der Waals surface area contributed by atoms with Crippen molar-refractivity contribution in [1.29, 1.82) is 0 Å². The van der Waals surface area contributed by atoms with E-state index < -0.39 is 11.8 Å². The number of hydrogen-bond acceptors (Lipinski definition) is 5. The number of anilines is 1. The van der Waals surface area contributed by atoms with Crippen molar-refractivity contribution in [2.75, 3.05) is 12.4 Å². The number of benzene rings is 2. The zero-order valence-electron chi connectivity index (χ0n) is 15.1. The predicted molar refractivity (Wildman–Crippen MR) is 112 cm³/mol. The summed E-state index contributed by atoms with van der Waals surface area (Å²) < 4.78 is 10.6. The Morgan fingerprint density at radius 2 is 1.90 bits per heavy atom. The molecule has 0 aliphatic rings. The number of rotatable bonds is 5. The second-order valence-electron chi connectivity index (χ2n) is 5.71. The maximum absolute atomic E-state index is 11.9. The van der Waals surface area contributed by atoms with Crippen LogP contribution in [0.2, 0.25) is 10.0 Å². The SMILES string of the molecule is COc1ccc(NC(=O)C(=O)N/N=C/c2ccc(-c3cccc(Cl)c3)o2)cc1Cl. The van der Waals surface area contributed by atoms with E-state index in [0.29, 0.717) is 33.0 Å². The number of hydrazone groups is 1. The van der Waals surface area contributed by atoms with E-state index in [1.807, 2.05) is 12.1 Å². The number of nitrogens with one attached hydrogen (secondary N) is 2. The molecule has 0 radical (unpaired) electrons. The third kappa shape index (κ3) is 5.37. The highest BCUT2D eigenvalue weighted by atomic mass is 35.5. The lowest BCUT2D eigenvalue weighted by molar-refractivity contribution is -0.136. The van der Waals surface area contributed by atoms with Gasteiger partial charge in [-0.3, -0.25) is 9.59 Å². The van der Waals surface area contributed by atoms with Crippen molar-refractivity contribution in [3.8, 4) is 17.1 Å². The molecule has 7 nitrogen and oxygen atoms in total. The highest BCUT2D eigenvalue weighted by Gasteiger charge is 2.14. The molecule has 3 rings (SSSR count). The van der Waals surface area contributed by atoms with Crippen molar-refractivity contribution < 1.29 is 18.7 Å². The Morgan fingerprint density at radius 1 is 1.07 bits per heavy atom. The molecular weight excluding hydrogens is 417 g/mol. The third-order valence-corrected chi connectivity index (χ3v) is 4.24. The Morgan fingerprint density at radius 3 is 2.62 bits per heavy atom. The van der Waals surface area contributed by atoms with Gasteiger partial charge < -0.3 is 14.5 Å². The van der Waals surface area contributed by atoms with Crippen molar-refractivity contribution in [3.05, 3.63) is 70.4 Å². The summed E-state index contributed by atoms with van der Waals surface area (Å²) in [6.07, 6.45) is 1.28. The molecule has 0 atom stereocenters. The van der Waals surface area contributed by atoms with Crippen LogP contribution in [0.1, 0.15) is 5.76 Å². The number of methoxy groups -OCH3 is 1. The van der Waals surface area contributed by atoms with Crippen LogP contribution in [0.3, 0.4) is 0 Å². The van der Waals surface area contributed by atoms with Crippen LogP contribution < -0.4 is 15.5 Å². The van der Waals surface area contributed by atoms with Gasteiger partial charge >= 0.3 is 11.8 Å². The number of ether oxygens (including phenoxy) is 1. The summed E-state index contributed by atoms with van der Waals surface area (Å²) in [5.74, 6) is -0.413. The maximum atomic E-state index is 11.9. The number of carbonyl (C=O) groups excluding carboxylic acids is 2. The zero-order valence-corrected chi connectivity index (χ0v) is 16.6. The Balaban J connectivity index is 1.57. The molecule has 2 N–H and O–H groups in total. The van der Waals surface area contributed by atoms with E-state index in [-0.39, 0.29) is 0 Å². The van der Waals surface area contributed by atoms with E-state index in [1.165, 1.54) is 19.4 Å². The number of furan rings is 1. The summed E-state index contributed by atoms with van der Waals surface area (Å²) in [6.45, 7) is 0. The first-order valence-corrected chi connectivity index (χ1v) is 9.05. The molecular formula is C20H15Cl2N3O4. The molecule has 3 aromatic rings. The molecule has 2 amide bonds. The molecule has 9 heteroatoms. The monoisotopic (exact) mass is 431 g/mol. The minimum Gasteiger partial charge on any atom is -0.495 e. The standard InChI is InChI=1S/C20H15Cl2N3O4/c1-28-18-7-5-14(10-16(18)22)24-19(26)20(27)25-23-11-15-6-8-17(29-15)12-3-2-4-13(21)9-12/h2-11H,1H3,(H,24,26)(H,25,27)/b23-11+. The van der Waals surface area contributed by atoms with Gasteiger partial charge in [-0.1, -0.05) is 35.3 Å². The average Bonchev–Trinajstić information content (AvgIpc) is 3.17. The smallest absolute Gasteiger partial charge is 0.329 e. The van der Waals surface area contributed by atoms with Crippen LogP contribution in [0.15, 0.2) is 64.1 Å². The lowest BCUT2D eigenvalue weighted by atomic mass is 10.2. The van der Waals surface area contributed by atoms with E-state index in [4.69, 9.17) is 32.4 Å². The number of halogens is 2. The fourth-order valence-electron chi connectivity index (χ4n) is 2.36. The Hall–Kier alpha value is -3.29. The fraction of sp³-hybridized carbons (Fsp3) is 0.0500. The molecule has 29 heavy (non-hydrogen) atoms. The van der Waals surface area contributed by atoms with Crippen molar-refractivity contribution in [3.63, 3.8) is 0 Å². The van der Waals surface area contributed by atoms with Gasteiger partial charge in [-0.05, 0) is 42.5 Å². The van der Waals surface area contributed by atoms with Crippen LogP contribution in [0, 0.1) is 0 Å². The summed E-state index contributed by atoms with van der Waals surface area (Å²) in [6, 6.07) is 15.2. The van der Waals surface area contributed by atoms with E-state index in [0.717, 1.165) is 5.56 Å². The van der Waals surface area contributed by atoms with Gasteiger partial charge in [0.25, 0.3) is 0 Å². The molecule has 0 unspecified atom stereocenters. The predicted octanol–water partition coefficient (Wildman–Crippen LogP) is 4.35. The Labute approximate surface area is 176 Å². The van der Waals surface area contributed by atoms with Crippen molar-refractivity contribution in [2.24, 2.45) is 5.10 Å². The summed E-state index contributed by atoms with van der Waals surface area (Å²) in [5.41, 5.74) is 3.28. The molecule has 1 aromatic heterocycles. The van der Waals surface area contributed by atoms with Crippen molar-refractivity contribution in [2.45, 2.75) is 0 Å². The second-order valence-corrected chi connectivity index (χ2v) is 6.56. The van der Waals surface area contributed by atoms with E-state index in [1.54, 1.807) is 36.4 Å². The van der Waals surface area contributed by atoms with Gasteiger partial charge in [-0.15, -0.1) is 0 Å². The van der Waals surface area contributed by atoms with Crippen LogP contribution in [0.25, 0.3) is 11.3 Å². The summed E-state index contributed by atoms with van der Waals surface area (Å²) in [4.78, 5) is 23.8. The molecule has 0 aliphatic heterocycles. The topological polar surface area (TPSA) is 92.9 Å². The minimum absolute atomic E-state index is 0.303. The van der Waals surface area contributed by atoms with E-state index in [2.05, 4.69) is 15.8 Å². The lowest BCUT2D eigenvalue weighted by Gasteiger charge is -2.07. The van der Waals surface area contributed by atoms with Gasteiger partial charge in [-0.2, -0.15) is 5.10 Å². The van der Waals surface area contributed by atoms with E-state index >= 15 is 0 Å². The van der Waals surface area contributed by atoms with Crippen molar-refractivity contribution >= 4 is 46.9 Å².